The lowest BCUT2D eigenvalue weighted by Crippen LogP contribution is -2.15. The summed E-state index contributed by atoms with van der Waals surface area (Å²) in [7, 11) is 0. The number of hydrogen-bond acceptors (Lipinski definition) is 7. The quantitative estimate of drug-likeness (QED) is 0.376. The van der Waals surface area contributed by atoms with Crippen molar-refractivity contribution in [3.63, 3.8) is 0 Å². The molecule has 0 aliphatic rings. The second kappa shape index (κ2) is 8.47. The molecule has 0 atom stereocenters. The fourth-order valence-corrected chi connectivity index (χ4v) is 1.28. The summed E-state index contributed by atoms with van der Waals surface area (Å²) < 4.78 is 9.33. The van der Waals surface area contributed by atoms with Crippen LogP contribution in [0.5, 0.6) is 0 Å². The number of benzene rings is 1. The molecule has 7 nitrogen and oxygen atoms in total. The highest BCUT2D eigenvalue weighted by Crippen LogP contribution is 2.15. The molecule has 0 bridgehead atoms. The molecule has 0 aliphatic carbocycles. The monoisotopic (exact) mass is 292 g/mol. The van der Waals surface area contributed by atoms with E-state index in [0.29, 0.717) is 5.69 Å². The van der Waals surface area contributed by atoms with Gasteiger partial charge in [-0.25, -0.2) is 9.59 Å². The summed E-state index contributed by atoms with van der Waals surface area (Å²) in [5.74, 6) is -2.95. The third-order valence-corrected chi connectivity index (χ3v) is 2.18. The largest absolute Gasteiger partial charge is 0.500 e. The van der Waals surface area contributed by atoms with E-state index in [1.165, 1.54) is 0 Å². The van der Waals surface area contributed by atoms with Crippen LogP contribution < -0.4 is 0 Å². The Kier molecular flexibility index (Phi) is 6.59. The van der Waals surface area contributed by atoms with Gasteiger partial charge in [0.2, 0.25) is 11.5 Å². The molecule has 7 heteroatoms. The number of nitrogens with zero attached hydrogens (tertiary/aromatic N) is 2. The molecular weight excluding hydrogens is 276 g/mol. The lowest BCUT2D eigenvalue weighted by Gasteiger charge is -2.05. The predicted octanol–water partition coefficient (Wildman–Crippen LogP) is 2.67. The van der Waals surface area contributed by atoms with E-state index in [-0.39, 0.29) is 13.2 Å². The second-order valence-corrected chi connectivity index (χ2v) is 3.67. The summed E-state index contributed by atoms with van der Waals surface area (Å²) in [4.78, 5) is 23.2. The topological polar surface area (TPSA) is 97.5 Å². The number of carbonyl (C=O) groups excluding carboxylic acids is 2. The van der Waals surface area contributed by atoms with Gasteiger partial charge in [-0.15, -0.1) is 5.11 Å². The van der Waals surface area contributed by atoms with Crippen LogP contribution in [0.4, 0.5) is 5.69 Å². The van der Waals surface area contributed by atoms with E-state index in [9.17, 15) is 14.7 Å². The standard InChI is InChI=1S/C14H16N2O5/c1-3-20-13(18)11(12(17)14(19)21-4-2)16-15-10-8-6-5-7-9-10/h5-9,17H,3-4H2,1-2H3. The van der Waals surface area contributed by atoms with E-state index in [2.05, 4.69) is 15.0 Å². The minimum Gasteiger partial charge on any atom is -0.500 e. The summed E-state index contributed by atoms with van der Waals surface area (Å²) in [6.45, 7) is 3.28. The Balaban J connectivity index is 3.08. The van der Waals surface area contributed by atoms with Gasteiger partial charge in [0.25, 0.3) is 0 Å². The fourth-order valence-electron chi connectivity index (χ4n) is 1.28. The molecule has 0 aliphatic heterocycles. The van der Waals surface area contributed by atoms with Crippen molar-refractivity contribution in [3.05, 3.63) is 41.8 Å². The number of rotatable bonds is 6. The molecule has 1 rings (SSSR count). The third-order valence-electron chi connectivity index (χ3n) is 2.18. The molecule has 0 saturated heterocycles. The van der Waals surface area contributed by atoms with Gasteiger partial charge in [-0.3, -0.25) is 0 Å². The lowest BCUT2D eigenvalue weighted by molar-refractivity contribution is -0.144. The average molecular weight is 292 g/mol. The lowest BCUT2D eigenvalue weighted by atomic mass is 10.3. The third kappa shape index (κ3) is 5.06. The second-order valence-electron chi connectivity index (χ2n) is 3.67. The maximum atomic E-state index is 11.7. The minimum atomic E-state index is -1.06. The van der Waals surface area contributed by atoms with Crippen LogP contribution in [0.3, 0.4) is 0 Å². The van der Waals surface area contributed by atoms with Crippen molar-refractivity contribution < 1.29 is 24.2 Å². The molecule has 1 aromatic rings. The van der Waals surface area contributed by atoms with Gasteiger partial charge in [0, 0.05) is 0 Å². The van der Waals surface area contributed by atoms with Crippen LogP contribution in [0.15, 0.2) is 52.0 Å². The molecule has 0 aromatic heterocycles. The number of aliphatic hydroxyl groups excluding tert-OH is 1. The van der Waals surface area contributed by atoms with Crippen LogP contribution in [0.2, 0.25) is 0 Å². The van der Waals surface area contributed by atoms with E-state index in [1.807, 2.05) is 0 Å². The number of aliphatic hydroxyl groups is 1. The molecule has 1 aromatic carbocycles. The number of esters is 2. The van der Waals surface area contributed by atoms with Crippen molar-refractivity contribution in [2.24, 2.45) is 10.2 Å². The summed E-state index contributed by atoms with van der Waals surface area (Å²) in [5.41, 5.74) is -0.143. The molecule has 0 amide bonds. The smallest absolute Gasteiger partial charge is 0.376 e. The van der Waals surface area contributed by atoms with E-state index >= 15 is 0 Å². The maximum Gasteiger partial charge on any atom is 0.376 e. The van der Waals surface area contributed by atoms with Crippen molar-refractivity contribution in [3.8, 4) is 0 Å². The molecule has 0 heterocycles. The number of hydrogen-bond donors (Lipinski definition) is 1. The zero-order chi connectivity index (χ0) is 15.7. The first-order chi connectivity index (χ1) is 10.1. The zero-order valence-electron chi connectivity index (χ0n) is 11.8. The highest BCUT2D eigenvalue weighted by atomic mass is 16.5. The maximum absolute atomic E-state index is 11.7. The normalized spacial score (nSPS) is 11.9. The summed E-state index contributed by atoms with van der Waals surface area (Å²) in [6.07, 6.45) is 0. The van der Waals surface area contributed by atoms with Crippen molar-refractivity contribution in [1.82, 2.24) is 0 Å². The highest BCUT2D eigenvalue weighted by Gasteiger charge is 2.23. The van der Waals surface area contributed by atoms with E-state index in [1.54, 1.807) is 44.2 Å². The molecular formula is C14H16N2O5. The van der Waals surface area contributed by atoms with Crippen molar-refractivity contribution in [2.45, 2.75) is 13.8 Å². The zero-order valence-corrected chi connectivity index (χ0v) is 11.8. The van der Waals surface area contributed by atoms with Crippen LogP contribution >= 0.6 is 0 Å². The van der Waals surface area contributed by atoms with Gasteiger partial charge in [-0.2, -0.15) is 5.11 Å². The summed E-state index contributed by atoms with van der Waals surface area (Å²) >= 11 is 0. The summed E-state index contributed by atoms with van der Waals surface area (Å²) in [5, 5.41) is 17.1. The van der Waals surface area contributed by atoms with Gasteiger partial charge in [0.15, 0.2) is 0 Å². The highest BCUT2D eigenvalue weighted by molar-refractivity contribution is 5.98. The van der Waals surface area contributed by atoms with Crippen molar-refractivity contribution in [1.29, 1.82) is 0 Å². The summed E-state index contributed by atoms with van der Waals surface area (Å²) in [6, 6.07) is 8.54. The first-order valence-electron chi connectivity index (χ1n) is 6.34. The van der Waals surface area contributed by atoms with E-state index in [0.717, 1.165) is 0 Å². The van der Waals surface area contributed by atoms with E-state index in [4.69, 9.17) is 4.74 Å². The molecule has 21 heavy (non-hydrogen) atoms. The molecule has 0 radical (unpaired) electrons. The van der Waals surface area contributed by atoms with Crippen molar-refractivity contribution >= 4 is 17.6 Å². The van der Waals surface area contributed by atoms with Crippen molar-refractivity contribution in [2.75, 3.05) is 13.2 Å². The first kappa shape index (κ1) is 16.4. The minimum absolute atomic E-state index is 0.0504. The molecule has 0 spiro atoms. The molecule has 1 N–H and O–H groups in total. The van der Waals surface area contributed by atoms with Crippen LogP contribution in [-0.4, -0.2) is 30.3 Å². The van der Waals surface area contributed by atoms with Crippen LogP contribution in [0, 0.1) is 0 Å². The SMILES string of the molecule is CCOC(=O)C(O)=C(N=Nc1ccccc1)C(=O)OCC. The molecule has 112 valence electrons. The van der Waals surface area contributed by atoms with Crippen LogP contribution in [0.25, 0.3) is 0 Å². The first-order valence-corrected chi connectivity index (χ1v) is 6.34. The van der Waals surface area contributed by atoms with Gasteiger partial charge in [-0.05, 0) is 26.0 Å². The van der Waals surface area contributed by atoms with Gasteiger partial charge in [-0.1, -0.05) is 18.2 Å². The van der Waals surface area contributed by atoms with Gasteiger partial charge >= 0.3 is 11.9 Å². The Labute approximate surface area is 121 Å². The van der Waals surface area contributed by atoms with Crippen LogP contribution in [-0.2, 0) is 19.1 Å². The van der Waals surface area contributed by atoms with Gasteiger partial charge < -0.3 is 14.6 Å². The number of ether oxygens (including phenoxy) is 2. The van der Waals surface area contributed by atoms with Gasteiger partial charge in [0.05, 0.1) is 18.9 Å². The Morgan fingerprint density at radius 2 is 1.62 bits per heavy atom. The molecule has 0 saturated carbocycles. The Bertz CT molecular complexity index is 552. The Hall–Kier alpha value is -2.70. The number of azo groups is 1. The van der Waals surface area contributed by atoms with Gasteiger partial charge in [0.1, 0.15) is 0 Å². The van der Waals surface area contributed by atoms with Crippen LogP contribution in [0.1, 0.15) is 13.8 Å². The average Bonchev–Trinajstić information content (AvgIpc) is 2.49. The molecule has 0 fully saturated rings. The Morgan fingerprint density at radius 1 is 1.05 bits per heavy atom. The molecule has 0 unspecified atom stereocenters. The Morgan fingerprint density at radius 3 is 2.19 bits per heavy atom. The predicted molar refractivity (Wildman–Crippen MR) is 73.9 cm³/mol. The number of carbonyl (C=O) groups is 2. The fraction of sp³-hybridized carbons (Fsp3) is 0.286. The van der Waals surface area contributed by atoms with E-state index < -0.39 is 23.4 Å².